The van der Waals surface area contributed by atoms with E-state index in [1.807, 2.05) is 12.1 Å². The van der Waals surface area contributed by atoms with E-state index in [9.17, 15) is 13.6 Å². The number of ether oxygens (including phenoxy) is 1. The molecule has 0 unspecified atom stereocenters. The Morgan fingerprint density at radius 2 is 1.95 bits per heavy atom. The minimum atomic E-state index is -2.87. The van der Waals surface area contributed by atoms with Gasteiger partial charge in [0.1, 0.15) is 5.75 Å². The number of benzene rings is 1. The topological polar surface area (TPSA) is 51.2 Å². The SMILES string of the molecule is C[C@H](Sc1ccccn1)C(=O)Nc1ccc(OC(F)F)cc1. The van der Waals surface area contributed by atoms with E-state index in [1.165, 1.54) is 36.0 Å². The van der Waals surface area contributed by atoms with Crippen molar-refractivity contribution in [1.82, 2.24) is 4.98 Å². The van der Waals surface area contributed by atoms with E-state index in [4.69, 9.17) is 0 Å². The molecule has 0 aliphatic carbocycles. The number of nitrogens with one attached hydrogen (secondary N) is 1. The summed E-state index contributed by atoms with van der Waals surface area (Å²) in [4.78, 5) is 16.2. The third-order valence-corrected chi connectivity index (χ3v) is 3.70. The van der Waals surface area contributed by atoms with E-state index in [0.29, 0.717) is 5.69 Å². The van der Waals surface area contributed by atoms with Crippen LogP contribution in [0.2, 0.25) is 0 Å². The number of alkyl halides is 2. The normalized spacial score (nSPS) is 12.0. The zero-order valence-corrected chi connectivity index (χ0v) is 12.5. The highest BCUT2D eigenvalue weighted by atomic mass is 32.2. The molecule has 1 atom stereocenters. The number of hydrogen-bond acceptors (Lipinski definition) is 4. The Balaban J connectivity index is 1.90. The minimum absolute atomic E-state index is 0.0453. The summed E-state index contributed by atoms with van der Waals surface area (Å²) in [6.45, 7) is -1.10. The summed E-state index contributed by atoms with van der Waals surface area (Å²) in [5.41, 5.74) is 0.514. The maximum Gasteiger partial charge on any atom is 0.387 e. The number of pyridine rings is 1. The number of amides is 1. The van der Waals surface area contributed by atoms with Gasteiger partial charge in [0, 0.05) is 11.9 Å². The number of halogens is 2. The van der Waals surface area contributed by atoms with E-state index in [0.717, 1.165) is 5.03 Å². The molecule has 2 aromatic rings. The van der Waals surface area contributed by atoms with Crippen LogP contribution in [-0.2, 0) is 4.79 Å². The Labute approximate surface area is 130 Å². The van der Waals surface area contributed by atoms with Crippen molar-refractivity contribution < 1.29 is 18.3 Å². The summed E-state index contributed by atoms with van der Waals surface area (Å²) >= 11 is 1.34. The number of thioether (sulfide) groups is 1. The lowest BCUT2D eigenvalue weighted by molar-refractivity contribution is -0.115. The van der Waals surface area contributed by atoms with Crippen LogP contribution in [0.5, 0.6) is 5.75 Å². The molecule has 1 heterocycles. The van der Waals surface area contributed by atoms with Crippen molar-refractivity contribution in [2.75, 3.05) is 5.32 Å². The van der Waals surface area contributed by atoms with Crippen molar-refractivity contribution >= 4 is 23.4 Å². The second-order valence-electron chi connectivity index (χ2n) is 4.32. The first-order valence-corrected chi connectivity index (χ1v) is 7.36. The maximum atomic E-state index is 12.1. The minimum Gasteiger partial charge on any atom is -0.435 e. The molecule has 0 saturated heterocycles. The molecule has 0 bridgehead atoms. The van der Waals surface area contributed by atoms with Crippen LogP contribution < -0.4 is 10.1 Å². The zero-order valence-electron chi connectivity index (χ0n) is 11.7. The van der Waals surface area contributed by atoms with Crippen molar-refractivity contribution in [3.05, 3.63) is 48.7 Å². The summed E-state index contributed by atoms with van der Waals surface area (Å²) < 4.78 is 28.3. The highest BCUT2D eigenvalue weighted by Gasteiger charge is 2.15. The smallest absolute Gasteiger partial charge is 0.387 e. The number of aromatic nitrogens is 1. The molecule has 0 spiro atoms. The molecular formula is C15H14F2N2O2S. The molecule has 0 aliphatic rings. The number of rotatable bonds is 6. The van der Waals surface area contributed by atoms with E-state index in [2.05, 4.69) is 15.0 Å². The second kappa shape index (κ2) is 7.74. The number of nitrogens with zero attached hydrogens (tertiary/aromatic N) is 1. The molecule has 1 aromatic carbocycles. The van der Waals surface area contributed by atoms with Crippen molar-refractivity contribution in [3.63, 3.8) is 0 Å². The van der Waals surface area contributed by atoms with Crippen LogP contribution in [0.4, 0.5) is 14.5 Å². The molecule has 0 fully saturated rings. The summed E-state index contributed by atoms with van der Waals surface area (Å²) in [6.07, 6.45) is 1.66. The number of carbonyl (C=O) groups is 1. The molecule has 1 N–H and O–H groups in total. The first-order valence-electron chi connectivity index (χ1n) is 6.48. The predicted octanol–water partition coefficient (Wildman–Crippen LogP) is 3.80. The van der Waals surface area contributed by atoms with E-state index >= 15 is 0 Å². The van der Waals surface area contributed by atoms with E-state index < -0.39 is 6.61 Å². The Morgan fingerprint density at radius 3 is 2.55 bits per heavy atom. The quantitative estimate of drug-likeness (QED) is 0.821. The first-order chi connectivity index (χ1) is 10.5. The molecule has 0 aliphatic heterocycles. The van der Waals surface area contributed by atoms with Crippen molar-refractivity contribution in [3.8, 4) is 5.75 Å². The molecule has 1 amide bonds. The molecule has 2 rings (SSSR count). The molecule has 7 heteroatoms. The fourth-order valence-corrected chi connectivity index (χ4v) is 2.42. The Morgan fingerprint density at radius 1 is 1.23 bits per heavy atom. The zero-order chi connectivity index (χ0) is 15.9. The third kappa shape index (κ3) is 5.00. The Hall–Kier alpha value is -2.15. The largest absolute Gasteiger partial charge is 0.435 e. The van der Waals surface area contributed by atoms with Gasteiger partial charge in [0.2, 0.25) is 5.91 Å². The van der Waals surface area contributed by atoms with Crippen molar-refractivity contribution in [1.29, 1.82) is 0 Å². The fraction of sp³-hybridized carbons (Fsp3) is 0.200. The molecular weight excluding hydrogens is 310 g/mol. The highest BCUT2D eigenvalue weighted by Crippen LogP contribution is 2.23. The van der Waals surface area contributed by atoms with Gasteiger partial charge in [0.15, 0.2) is 0 Å². The van der Waals surface area contributed by atoms with Crippen LogP contribution in [0.1, 0.15) is 6.92 Å². The molecule has 22 heavy (non-hydrogen) atoms. The fourth-order valence-electron chi connectivity index (χ4n) is 1.62. The van der Waals surface area contributed by atoms with E-state index in [-0.39, 0.29) is 16.9 Å². The van der Waals surface area contributed by atoms with Gasteiger partial charge in [-0.1, -0.05) is 17.8 Å². The lowest BCUT2D eigenvalue weighted by Crippen LogP contribution is -2.22. The van der Waals surface area contributed by atoms with Gasteiger partial charge in [-0.3, -0.25) is 4.79 Å². The van der Waals surface area contributed by atoms with Crippen LogP contribution in [0.25, 0.3) is 0 Å². The van der Waals surface area contributed by atoms with Gasteiger partial charge in [0.25, 0.3) is 0 Å². The maximum absolute atomic E-state index is 12.1. The van der Waals surface area contributed by atoms with Crippen molar-refractivity contribution in [2.24, 2.45) is 0 Å². The lowest BCUT2D eigenvalue weighted by atomic mass is 10.3. The summed E-state index contributed by atoms with van der Waals surface area (Å²) in [5.74, 6) is -0.151. The number of hydrogen-bond donors (Lipinski definition) is 1. The number of carbonyl (C=O) groups excluding carboxylic acids is 1. The van der Waals surface area contributed by atoms with Gasteiger partial charge in [-0.05, 0) is 43.3 Å². The third-order valence-electron chi connectivity index (χ3n) is 2.65. The van der Waals surface area contributed by atoms with Crippen LogP contribution in [0.15, 0.2) is 53.7 Å². The summed E-state index contributed by atoms with van der Waals surface area (Å²) in [5, 5.41) is 3.13. The molecule has 4 nitrogen and oxygen atoms in total. The van der Waals surface area contributed by atoms with E-state index in [1.54, 1.807) is 19.2 Å². The van der Waals surface area contributed by atoms with Crippen LogP contribution in [0, 0.1) is 0 Å². The number of anilines is 1. The van der Waals surface area contributed by atoms with Crippen LogP contribution in [0.3, 0.4) is 0 Å². The van der Waals surface area contributed by atoms with Gasteiger partial charge >= 0.3 is 6.61 Å². The molecule has 116 valence electrons. The standard InChI is InChI=1S/C15H14F2N2O2S/c1-10(22-13-4-2-3-9-18-13)14(20)19-11-5-7-12(8-6-11)21-15(16)17/h2-10,15H,1H3,(H,19,20)/t10-/m0/s1. The monoisotopic (exact) mass is 324 g/mol. The lowest BCUT2D eigenvalue weighted by Gasteiger charge is -2.12. The average Bonchev–Trinajstić information content (AvgIpc) is 2.49. The van der Waals surface area contributed by atoms with Gasteiger partial charge in [-0.15, -0.1) is 0 Å². The summed E-state index contributed by atoms with van der Waals surface area (Å²) in [7, 11) is 0. The second-order valence-corrected chi connectivity index (χ2v) is 5.68. The van der Waals surface area contributed by atoms with Crippen molar-refractivity contribution in [2.45, 2.75) is 23.8 Å². The molecule has 0 saturated carbocycles. The molecule has 1 aromatic heterocycles. The van der Waals surface area contributed by atoms with Gasteiger partial charge in [-0.25, -0.2) is 4.98 Å². The average molecular weight is 324 g/mol. The summed E-state index contributed by atoms with van der Waals surface area (Å²) in [6, 6.07) is 11.2. The Kier molecular flexibility index (Phi) is 5.71. The first kappa shape index (κ1) is 16.2. The Bertz CT molecular complexity index is 609. The van der Waals surface area contributed by atoms with Crippen LogP contribution >= 0.6 is 11.8 Å². The van der Waals surface area contributed by atoms with Gasteiger partial charge < -0.3 is 10.1 Å². The van der Waals surface area contributed by atoms with Gasteiger partial charge in [-0.2, -0.15) is 8.78 Å². The highest BCUT2D eigenvalue weighted by molar-refractivity contribution is 8.00. The van der Waals surface area contributed by atoms with Gasteiger partial charge in [0.05, 0.1) is 10.3 Å². The van der Waals surface area contributed by atoms with Crippen LogP contribution in [-0.4, -0.2) is 22.8 Å². The predicted molar refractivity (Wildman–Crippen MR) is 81.3 cm³/mol. The molecule has 0 radical (unpaired) electrons.